The molecule has 1 aliphatic heterocycles. The molecular weight excluding hydrogens is 258 g/mol. The molecule has 5 heteroatoms. The number of nitrogens with one attached hydrogen (secondary N) is 1. The van der Waals surface area contributed by atoms with Gasteiger partial charge in [-0.05, 0) is 38.5 Å². The molecule has 1 unspecified atom stereocenters. The molecule has 1 aromatic rings. The molecule has 0 saturated carbocycles. The predicted octanol–water partition coefficient (Wildman–Crippen LogP) is 1.88. The minimum atomic E-state index is -0.567. The third-order valence-corrected chi connectivity index (χ3v) is 3.23. The van der Waals surface area contributed by atoms with Crippen LogP contribution in [0.2, 0.25) is 0 Å². The smallest absolute Gasteiger partial charge is 0.251 e. The van der Waals surface area contributed by atoms with Gasteiger partial charge in [0.15, 0.2) is 5.79 Å². The Morgan fingerprint density at radius 3 is 2.85 bits per heavy atom. The molecule has 5 nitrogen and oxygen atoms in total. The molecule has 1 heterocycles. The zero-order valence-electron chi connectivity index (χ0n) is 12.4. The van der Waals surface area contributed by atoms with Crippen LogP contribution in [0.5, 0.6) is 5.75 Å². The van der Waals surface area contributed by atoms with Crippen LogP contribution in [0.15, 0.2) is 18.2 Å². The van der Waals surface area contributed by atoms with E-state index >= 15 is 0 Å². The number of carbonyl (C=O) groups excluding carboxylic acids is 1. The average molecular weight is 279 g/mol. The van der Waals surface area contributed by atoms with Crippen molar-refractivity contribution in [2.45, 2.75) is 32.7 Å². The van der Waals surface area contributed by atoms with Crippen LogP contribution in [-0.4, -0.2) is 38.1 Å². The molecule has 20 heavy (non-hydrogen) atoms. The van der Waals surface area contributed by atoms with Gasteiger partial charge in [-0.25, -0.2) is 0 Å². The van der Waals surface area contributed by atoms with Gasteiger partial charge in [0.1, 0.15) is 11.9 Å². The summed E-state index contributed by atoms with van der Waals surface area (Å²) in [7, 11) is 1.59. The molecular formula is C15H21NO4. The molecule has 1 N–H and O–H groups in total. The van der Waals surface area contributed by atoms with Crippen molar-refractivity contribution in [2.75, 3.05) is 20.3 Å². The SMILES string of the molecule is COc1cc(C(=O)NCC2COC(C)(C)O2)ccc1C. The topological polar surface area (TPSA) is 56.8 Å². The summed E-state index contributed by atoms with van der Waals surface area (Å²) in [5.41, 5.74) is 1.57. The van der Waals surface area contributed by atoms with Crippen LogP contribution in [-0.2, 0) is 9.47 Å². The highest BCUT2D eigenvalue weighted by Gasteiger charge is 2.32. The average Bonchev–Trinajstić information content (AvgIpc) is 2.76. The lowest BCUT2D eigenvalue weighted by Crippen LogP contribution is -2.34. The molecule has 0 radical (unpaired) electrons. The van der Waals surface area contributed by atoms with Crippen molar-refractivity contribution in [3.05, 3.63) is 29.3 Å². The van der Waals surface area contributed by atoms with Crippen molar-refractivity contribution in [2.24, 2.45) is 0 Å². The van der Waals surface area contributed by atoms with E-state index in [4.69, 9.17) is 14.2 Å². The summed E-state index contributed by atoms with van der Waals surface area (Å²) in [5, 5.41) is 2.85. The van der Waals surface area contributed by atoms with E-state index in [1.807, 2.05) is 26.8 Å². The second-order valence-electron chi connectivity index (χ2n) is 5.35. The zero-order chi connectivity index (χ0) is 14.8. The number of benzene rings is 1. The first-order valence-corrected chi connectivity index (χ1v) is 6.66. The lowest BCUT2D eigenvalue weighted by Gasteiger charge is -2.17. The Bertz CT molecular complexity index is 499. The molecule has 2 rings (SSSR count). The highest BCUT2D eigenvalue weighted by Crippen LogP contribution is 2.22. The van der Waals surface area contributed by atoms with Crippen molar-refractivity contribution >= 4 is 5.91 Å². The number of hydrogen-bond acceptors (Lipinski definition) is 4. The Hall–Kier alpha value is -1.59. The lowest BCUT2D eigenvalue weighted by atomic mass is 10.1. The highest BCUT2D eigenvalue weighted by atomic mass is 16.7. The first-order valence-electron chi connectivity index (χ1n) is 6.66. The molecule has 1 atom stereocenters. The summed E-state index contributed by atoms with van der Waals surface area (Å²) >= 11 is 0. The monoisotopic (exact) mass is 279 g/mol. The minimum Gasteiger partial charge on any atom is -0.496 e. The van der Waals surface area contributed by atoms with Crippen LogP contribution in [0.25, 0.3) is 0 Å². The Morgan fingerprint density at radius 1 is 1.50 bits per heavy atom. The molecule has 1 aliphatic rings. The van der Waals surface area contributed by atoms with E-state index < -0.39 is 5.79 Å². The second-order valence-corrected chi connectivity index (χ2v) is 5.35. The van der Waals surface area contributed by atoms with Crippen molar-refractivity contribution in [1.82, 2.24) is 5.32 Å². The van der Waals surface area contributed by atoms with E-state index in [0.29, 0.717) is 24.5 Å². The van der Waals surface area contributed by atoms with Gasteiger partial charge in [-0.2, -0.15) is 0 Å². The maximum Gasteiger partial charge on any atom is 0.251 e. The van der Waals surface area contributed by atoms with Gasteiger partial charge >= 0.3 is 0 Å². The van der Waals surface area contributed by atoms with Crippen molar-refractivity contribution in [1.29, 1.82) is 0 Å². The molecule has 1 amide bonds. The summed E-state index contributed by atoms with van der Waals surface area (Å²) in [4.78, 5) is 12.1. The van der Waals surface area contributed by atoms with E-state index in [1.165, 1.54) is 0 Å². The maximum atomic E-state index is 12.1. The molecule has 0 aromatic heterocycles. The van der Waals surface area contributed by atoms with Gasteiger partial charge in [0, 0.05) is 12.1 Å². The fourth-order valence-electron chi connectivity index (χ4n) is 2.13. The van der Waals surface area contributed by atoms with E-state index in [-0.39, 0.29) is 12.0 Å². The molecule has 1 fully saturated rings. The van der Waals surface area contributed by atoms with Crippen molar-refractivity contribution < 1.29 is 19.0 Å². The lowest BCUT2D eigenvalue weighted by molar-refractivity contribution is -0.137. The quantitative estimate of drug-likeness (QED) is 0.914. The molecule has 0 aliphatic carbocycles. The van der Waals surface area contributed by atoms with Crippen molar-refractivity contribution in [3.63, 3.8) is 0 Å². The van der Waals surface area contributed by atoms with Gasteiger partial charge in [-0.3, -0.25) is 4.79 Å². The number of aryl methyl sites for hydroxylation is 1. The number of rotatable bonds is 4. The molecule has 0 spiro atoms. The first kappa shape index (κ1) is 14.8. The summed E-state index contributed by atoms with van der Waals surface area (Å²) in [6.07, 6.45) is -0.110. The van der Waals surface area contributed by atoms with Crippen LogP contribution in [0, 0.1) is 6.92 Å². The van der Waals surface area contributed by atoms with Gasteiger partial charge in [-0.15, -0.1) is 0 Å². The molecule has 1 aromatic carbocycles. The van der Waals surface area contributed by atoms with Crippen LogP contribution in [0.1, 0.15) is 29.8 Å². The third kappa shape index (κ3) is 3.49. The van der Waals surface area contributed by atoms with Gasteiger partial charge < -0.3 is 19.5 Å². The Labute approximate surface area is 119 Å². The Morgan fingerprint density at radius 2 is 2.25 bits per heavy atom. The zero-order valence-corrected chi connectivity index (χ0v) is 12.4. The second kappa shape index (κ2) is 5.81. The fourth-order valence-corrected chi connectivity index (χ4v) is 2.13. The van der Waals surface area contributed by atoms with Crippen LogP contribution < -0.4 is 10.1 Å². The number of carbonyl (C=O) groups is 1. The van der Waals surface area contributed by atoms with E-state index in [2.05, 4.69) is 5.32 Å². The fraction of sp³-hybridized carbons (Fsp3) is 0.533. The van der Waals surface area contributed by atoms with Gasteiger partial charge in [0.05, 0.1) is 13.7 Å². The Balaban J connectivity index is 1.92. The highest BCUT2D eigenvalue weighted by molar-refractivity contribution is 5.94. The minimum absolute atomic E-state index is 0.110. The number of hydrogen-bond donors (Lipinski definition) is 1. The maximum absolute atomic E-state index is 12.1. The summed E-state index contributed by atoms with van der Waals surface area (Å²) in [5.74, 6) is -0.00140. The van der Waals surface area contributed by atoms with Crippen LogP contribution >= 0.6 is 0 Å². The van der Waals surface area contributed by atoms with Gasteiger partial charge in [0.2, 0.25) is 0 Å². The number of methoxy groups -OCH3 is 1. The predicted molar refractivity (Wildman–Crippen MR) is 75.0 cm³/mol. The summed E-state index contributed by atoms with van der Waals surface area (Å²) in [6.45, 7) is 6.58. The van der Waals surface area contributed by atoms with Crippen LogP contribution in [0.4, 0.5) is 0 Å². The normalized spacial score (nSPS) is 20.7. The third-order valence-electron chi connectivity index (χ3n) is 3.23. The standard InChI is InChI=1S/C15H21NO4/c1-10-5-6-11(7-13(10)18-4)14(17)16-8-12-9-19-15(2,3)20-12/h5-7,12H,8-9H2,1-4H3,(H,16,17). The molecule has 0 bridgehead atoms. The number of amides is 1. The van der Waals surface area contributed by atoms with Crippen molar-refractivity contribution in [3.8, 4) is 5.75 Å². The first-order chi connectivity index (χ1) is 9.41. The van der Waals surface area contributed by atoms with E-state index in [9.17, 15) is 4.79 Å². The Kier molecular flexibility index (Phi) is 4.30. The summed E-state index contributed by atoms with van der Waals surface area (Å²) in [6, 6.07) is 5.38. The van der Waals surface area contributed by atoms with Gasteiger partial charge in [-0.1, -0.05) is 6.07 Å². The van der Waals surface area contributed by atoms with Crippen LogP contribution in [0.3, 0.4) is 0 Å². The van der Waals surface area contributed by atoms with E-state index in [1.54, 1.807) is 19.2 Å². The largest absolute Gasteiger partial charge is 0.496 e. The van der Waals surface area contributed by atoms with E-state index in [0.717, 1.165) is 5.56 Å². The van der Waals surface area contributed by atoms with Gasteiger partial charge in [0.25, 0.3) is 5.91 Å². The molecule has 1 saturated heterocycles. The molecule has 110 valence electrons. The number of ether oxygens (including phenoxy) is 3. The summed E-state index contributed by atoms with van der Waals surface area (Å²) < 4.78 is 16.3.